The van der Waals surface area contributed by atoms with Crippen LogP contribution in [0.5, 0.6) is 0 Å². The molecule has 0 amide bonds. The number of rotatable bonds is 9. The summed E-state index contributed by atoms with van der Waals surface area (Å²) >= 11 is 0. The van der Waals surface area contributed by atoms with Crippen molar-refractivity contribution in [1.29, 1.82) is 0 Å². The molecule has 2 unspecified atom stereocenters. The molecule has 2 atom stereocenters. The van der Waals surface area contributed by atoms with Crippen LogP contribution >= 0.6 is 0 Å². The summed E-state index contributed by atoms with van der Waals surface area (Å²) in [6.45, 7) is 4.65. The Bertz CT molecular complexity index is 251. The molecular weight excluding hydrogens is 214 g/mol. The average molecular weight is 241 g/mol. The molecule has 0 aromatic rings. The number of carboxylic acids is 1. The van der Waals surface area contributed by atoms with Gasteiger partial charge in [0.05, 0.1) is 5.41 Å². The van der Waals surface area contributed by atoms with Crippen LogP contribution in [0.1, 0.15) is 58.8 Å². The number of unbranched alkanes of at least 4 members (excludes halogenated alkanes) is 1. The van der Waals surface area contributed by atoms with Gasteiger partial charge in [0, 0.05) is 6.54 Å². The van der Waals surface area contributed by atoms with Gasteiger partial charge in [0.1, 0.15) is 0 Å². The first kappa shape index (κ1) is 14.5. The second-order valence-electron chi connectivity index (χ2n) is 5.56. The Hall–Kier alpha value is -0.570. The molecule has 0 spiro atoms. The molecule has 100 valence electrons. The molecular formula is C14H27NO2. The molecule has 1 fully saturated rings. The molecule has 1 aliphatic rings. The first-order valence-electron chi connectivity index (χ1n) is 7.04. The van der Waals surface area contributed by atoms with Crippen LogP contribution in [-0.2, 0) is 4.79 Å². The first-order valence-corrected chi connectivity index (χ1v) is 7.04. The van der Waals surface area contributed by atoms with Gasteiger partial charge in [-0.25, -0.2) is 0 Å². The van der Waals surface area contributed by atoms with Crippen molar-refractivity contribution in [3.8, 4) is 0 Å². The highest BCUT2D eigenvalue weighted by molar-refractivity contribution is 5.76. The van der Waals surface area contributed by atoms with Gasteiger partial charge in [0.2, 0.25) is 0 Å². The maximum Gasteiger partial charge on any atom is 0.311 e. The minimum absolute atomic E-state index is 0.301. The molecule has 3 N–H and O–H groups in total. The van der Waals surface area contributed by atoms with E-state index in [0.29, 0.717) is 18.4 Å². The summed E-state index contributed by atoms with van der Waals surface area (Å²) in [6.07, 6.45) is 7.48. The fraction of sp³-hybridized carbons (Fsp3) is 0.929. The topological polar surface area (TPSA) is 63.3 Å². The van der Waals surface area contributed by atoms with Gasteiger partial charge in [-0.2, -0.15) is 0 Å². The van der Waals surface area contributed by atoms with Gasteiger partial charge in [-0.15, -0.1) is 0 Å². The molecule has 3 nitrogen and oxygen atoms in total. The molecule has 0 saturated heterocycles. The average Bonchev–Trinajstić information content (AvgIpc) is 3.14. The fourth-order valence-corrected chi connectivity index (χ4v) is 2.86. The molecule has 1 saturated carbocycles. The van der Waals surface area contributed by atoms with Gasteiger partial charge in [-0.05, 0) is 31.1 Å². The van der Waals surface area contributed by atoms with E-state index in [1.807, 2.05) is 0 Å². The van der Waals surface area contributed by atoms with E-state index >= 15 is 0 Å². The smallest absolute Gasteiger partial charge is 0.311 e. The van der Waals surface area contributed by atoms with Crippen LogP contribution in [0, 0.1) is 17.3 Å². The third-order valence-electron chi connectivity index (χ3n) is 4.35. The maximum absolute atomic E-state index is 11.6. The Morgan fingerprint density at radius 1 is 1.47 bits per heavy atom. The van der Waals surface area contributed by atoms with Crippen molar-refractivity contribution in [2.24, 2.45) is 23.0 Å². The van der Waals surface area contributed by atoms with E-state index in [-0.39, 0.29) is 0 Å². The predicted octanol–water partition coefficient (Wildman–Crippen LogP) is 3.03. The Balaban J connectivity index is 2.66. The van der Waals surface area contributed by atoms with E-state index in [0.717, 1.165) is 32.1 Å². The Morgan fingerprint density at radius 2 is 2.12 bits per heavy atom. The summed E-state index contributed by atoms with van der Waals surface area (Å²) in [5.74, 6) is 0.188. The highest BCUT2D eigenvalue weighted by Crippen LogP contribution is 2.49. The van der Waals surface area contributed by atoms with Gasteiger partial charge in [-0.3, -0.25) is 4.79 Å². The highest BCUT2D eigenvalue weighted by Gasteiger charge is 2.50. The molecule has 0 aromatic heterocycles. The Kier molecular flexibility index (Phi) is 5.44. The van der Waals surface area contributed by atoms with E-state index in [4.69, 9.17) is 5.73 Å². The van der Waals surface area contributed by atoms with E-state index in [1.165, 1.54) is 12.8 Å². The minimum atomic E-state index is -0.669. The van der Waals surface area contributed by atoms with Crippen LogP contribution in [0.3, 0.4) is 0 Å². The lowest BCUT2D eigenvalue weighted by Gasteiger charge is -2.32. The number of carbonyl (C=O) groups is 1. The largest absolute Gasteiger partial charge is 0.481 e. The summed E-state index contributed by atoms with van der Waals surface area (Å²) in [5, 5.41) is 9.52. The monoisotopic (exact) mass is 241 g/mol. The summed E-state index contributed by atoms with van der Waals surface area (Å²) in [7, 11) is 0. The minimum Gasteiger partial charge on any atom is -0.481 e. The molecule has 0 bridgehead atoms. The quantitative estimate of drug-likeness (QED) is 0.652. The maximum atomic E-state index is 11.6. The van der Waals surface area contributed by atoms with Gasteiger partial charge in [0.15, 0.2) is 0 Å². The van der Waals surface area contributed by atoms with Crippen molar-refractivity contribution in [3.05, 3.63) is 0 Å². The third kappa shape index (κ3) is 3.44. The molecule has 0 aromatic carbocycles. The summed E-state index contributed by atoms with van der Waals surface area (Å²) in [4.78, 5) is 11.6. The number of carboxylic acid groups (broad SMARTS) is 1. The van der Waals surface area contributed by atoms with Gasteiger partial charge < -0.3 is 10.8 Å². The fourth-order valence-electron chi connectivity index (χ4n) is 2.86. The van der Waals surface area contributed by atoms with Crippen LogP contribution in [0.2, 0.25) is 0 Å². The lowest BCUT2D eigenvalue weighted by atomic mass is 9.73. The van der Waals surface area contributed by atoms with Gasteiger partial charge in [-0.1, -0.05) is 39.5 Å². The zero-order valence-electron chi connectivity index (χ0n) is 11.2. The van der Waals surface area contributed by atoms with E-state index in [1.54, 1.807) is 0 Å². The van der Waals surface area contributed by atoms with E-state index in [2.05, 4.69) is 13.8 Å². The van der Waals surface area contributed by atoms with Crippen LogP contribution in [0.4, 0.5) is 0 Å². The normalized spacial score (nSPS) is 20.9. The Labute approximate surface area is 105 Å². The second kappa shape index (κ2) is 6.39. The van der Waals surface area contributed by atoms with Crippen molar-refractivity contribution in [1.82, 2.24) is 0 Å². The molecule has 0 heterocycles. The van der Waals surface area contributed by atoms with E-state index in [9.17, 15) is 9.90 Å². The molecule has 17 heavy (non-hydrogen) atoms. The van der Waals surface area contributed by atoms with Crippen LogP contribution in [-0.4, -0.2) is 17.6 Å². The number of nitrogens with two attached hydrogens (primary N) is 1. The SMILES string of the molecule is CCCCC(CC)CC(CN)(C(=O)O)C1CC1. The lowest BCUT2D eigenvalue weighted by Crippen LogP contribution is -2.42. The molecule has 0 aliphatic heterocycles. The molecule has 1 rings (SSSR count). The van der Waals surface area contributed by atoms with Crippen molar-refractivity contribution >= 4 is 5.97 Å². The van der Waals surface area contributed by atoms with E-state index < -0.39 is 11.4 Å². The van der Waals surface area contributed by atoms with Crippen molar-refractivity contribution in [2.45, 2.75) is 58.8 Å². The number of hydrogen-bond donors (Lipinski definition) is 2. The predicted molar refractivity (Wildman–Crippen MR) is 69.8 cm³/mol. The van der Waals surface area contributed by atoms with Gasteiger partial charge in [0.25, 0.3) is 0 Å². The summed E-state index contributed by atoms with van der Waals surface area (Å²) < 4.78 is 0. The van der Waals surface area contributed by atoms with Gasteiger partial charge >= 0.3 is 5.97 Å². The molecule has 3 heteroatoms. The van der Waals surface area contributed by atoms with Crippen LogP contribution < -0.4 is 5.73 Å². The number of hydrogen-bond acceptors (Lipinski definition) is 2. The zero-order chi connectivity index (χ0) is 12.9. The highest BCUT2D eigenvalue weighted by atomic mass is 16.4. The lowest BCUT2D eigenvalue weighted by molar-refractivity contribution is -0.151. The van der Waals surface area contributed by atoms with Crippen molar-refractivity contribution < 1.29 is 9.90 Å². The first-order chi connectivity index (χ1) is 8.10. The standard InChI is InChI=1S/C14H27NO2/c1-3-5-6-11(4-2)9-14(10-15,13(16)17)12-7-8-12/h11-12H,3-10,15H2,1-2H3,(H,16,17). The third-order valence-corrected chi connectivity index (χ3v) is 4.35. The van der Waals surface area contributed by atoms with Crippen molar-refractivity contribution in [3.63, 3.8) is 0 Å². The zero-order valence-corrected chi connectivity index (χ0v) is 11.2. The molecule has 0 radical (unpaired) electrons. The van der Waals surface area contributed by atoms with Crippen molar-refractivity contribution in [2.75, 3.05) is 6.54 Å². The Morgan fingerprint density at radius 3 is 2.47 bits per heavy atom. The summed E-state index contributed by atoms with van der Waals surface area (Å²) in [6, 6.07) is 0. The van der Waals surface area contributed by atoms with Crippen LogP contribution in [0.15, 0.2) is 0 Å². The molecule has 1 aliphatic carbocycles. The number of aliphatic carboxylic acids is 1. The summed E-state index contributed by atoms with van der Waals surface area (Å²) in [5.41, 5.74) is 5.17. The van der Waals surface area contributed by atoms with Crippen LogP contribution in [0.25, 0.3) is 0 Å². The second-order valence-corrected chi connectivity index (χ2v) is 5.56.